The number of aliphatic hydroxyl groups excluding tert-OH is 1. The first kappa shape index (κ1) is 15.2. The summed E-state index contributed by atoms with van der Waals surface area (Å²) in [5.74, 6) is 0. The number of nitrogens with zero attached hydrogens (tertiary/aromatic N) is 1. The van der Waals surface area contributed by atoms with Gasteiger partial charge < -0.3 is 10.4 Å². The molecule has 1 atom stereocenters. The van der Waals surface area contributed by atoms with Crippen molar-refractivity contribution in [2.45, 2.75) is 38.8 Å². The number of thiazole rings is 1. The lowest BCUT2D eigenvalue weighted by Crippen LogP contribution is -2.42. The largest absolute Gasteiger partial charge is 0.396 e. The van der Waals surface area contributed by atoms with E-state index in [1.165, 1.54) is 10.4 Å². The smallest absolute Gasteiger partial charge is 0.107 e. The number of rotatable bonds is 7. The van der Waals surface area contributed by atoms with E-state index in [1.807, 2.05) is 24.4 Å². The van der Waals surface area contributed by atoms with E-state index in [9.17, 15) is 0 Å². The van der Waals surface area contributed by atoms with Gasteiger partial charge in [-0.15, -0.1) is 11.3 Å². The van der Waals surface area contributed by atoms with Crippen LogP contribution in [0.2, 0.25) is 0 Å². The van der Waals surface area contributed by atoms with Crippen molar-refractivity contribution in [2.24, 2.45) is 0 Å². The zero-order valence-electron chi connectivity index (χ0n) is 12.1. The van der Waals surface area contributed by atoms with Crippen LogP contribution in [0.3, 0.4) is 0 Å². The van der Waals surface area contributed by atoms with E-state index in [0.717, 1.165) is 24.4 Å². The van der Waals surface area contributed by atoms with E-state index in [2.05, 4.69) is 36.3 Å². The first-order chi connectivity index (χ1) is 9.67. The fourth-order valence-electron chi connectivity index (χ4n) is 2.05. The third-order valence-corrected chi connectivity index (χ3v) is 4.77. The molecule has 0 bridgehead atoms. The molecule has 0 aliphatic heterocycles. The minimum Gasteiger partial charge on any atom is -0.396 e. The molecule has 1 unspecified atom stereocenters. The quantitative estimate of drug-likeness (QED) is 0.821. The Balaban J connectivity index is 2.00. The fraction of sp³-hybridized carbons (Fsp3) is 0.438. The van der Waals surface area contributed by atoms with Crippen molar-refractivity contribution in [1.82, 2.24) is 10.3 Å². The monoisotopic (exact) mass is 290 g/mol. The fourth-order valence-corrected chi connectivity index (χ4v) is 2.92. The van der Waals surface area contributed by atoms with Crippen LogP contribution in [0, 0.1) is 0 Å². The Bertz CT molecular complexity index is 526. The van der Waals surface area contributed by atoms with Gasteiger partial charge in [-0.25, -0.2) is 4.98 Å². The summed E-state index contributed by atoms with van der Waals surface area (Å²) in [7, 11) is 0. The minimum atomic E-state index is -0.0205. The minimum absolute atomic E-state index is 0.0205. The molecule has 0 amide bonds. The van der Waals surface area contributed by atoms with E-state index in [0.29, 0.717) is 0 Å². The molecule has 2 rings (SSSR count). The average molecular weight is 290 g/mol. The third-order valence-electron chi connectivity index (χ3n) is 3.72. The Morgan fingerprint density at radius 3 is 2.70 bits per heavy atom. The molecule has 1 aromatic heterocycles. The molecule has 108 valence electrons. The highest BCUT2D eigenvalue weighted by Gasteiger charge is 2.20. The summed E-state index contributed by atoms with van der Waals surface area (Å²) < 4.78 is 0. The third kappa shape index (κ3) is 3.88. The maximum Gasteiger partial charge on any atom is 0.107 e. The maximum atomic E-state index is 9.13. The van der Waals surface area contributed by atoms with E-state index >= 15 is 0 Å². The Kier molecular flexibility index (Phi) is 5.29. The van der Waals surface area contributed by atoms with Crippen LogP contribution in [-0.2, 0) is 6.54 Å². The lowest BCUT2D eigenvalue weighted by atomic mass is 9.95. The van der Waals surface area contributed by atoms with E-state index < -0.39 is 0 Å². The predicted molar refractivity (Wildman–Crippen MR) is 84.8 cm³/mol. The molecule has 0 saturated heterocycles. The molecular weight excluding hydrogens is 268 g/mol. The molecule has 0 spiro atoms. The molecule has 0 saturated carbocycles. The molecule has 1 heterocycles. The van der Waals surface area contributed by atoms with Crippen LogP contribution < -0.4 is 5.32 Å². The average Bonchev–Trinajstić information content (AvgIpc) is 2.95. The summed E-state index contributed by atoms with van der Waals surface area (Å²) in [5, 5.41) is 13.7. The summed E-state index contributed by atoms with van der Waals surface area (Å²) in [6.45, 7) is 5.25. The lowest BCUT2D eigenvalue weighted by molar-refractivity contribution is 0.214. The molecule has 0 fully saturated rings. The standard InChI is InChI=1S/C16H22N2OS/c1-3-16(2,9-10-19)18-12-15-17-11-14(20-15)13-7-5-4-6-8-13/h4-8,11,18-19H,3,9-10,12H2,1-2H3. The SMILES string of the molecule is CCC(C)(CCO)NCc1ncc(-c2ccccc2)s1. The molecule has 0 radical (unpaired) electrons. The van der Waals surface area contributed by atoms with Crippen molar-refractivity contribution >= 4 is 11.3 Å². The van der Waals surface area contributed by atoms with Gasteiger partial charge in [0.25, 0.3) is 0 Å². The van der Waals surface area contributed by atoms with Gasteiger partial charge in [0.05, 0.1) is 4.88 Å². The van der Waals surface area contributed by atoms with Crippen LogP contribution in [0.1, 0.15) is 31.7 Å². The van der Waals surface area contributed by atoms with E-state index in [4.69, 9.17) is 5.11 Å². The van der Waals surface area contributed by atoms with Crippen molar-refractivity contribution in [3.63, 3.8) is 0 Å². The van der Waals surface area contributed by atoms with Crippen LogP contribution in [0.25, 0.3) is 10.4 Å². The highest BCUT2D eigenvalue weighted by molar-refractivity contribution is 7.15. The molecular formula is C16H22N2OS. The number of benzene rings is 1. The van der Waals surface area contributed by atoms with Gasteiger partial charge in [-0.1, -0.05) is 37.3 Å². The molecule has 1 aromatic carbocycles. The number of aromatic nitrogens is 1. The first-order valence-electron chi connectivity index (χ1n) is 7.03. The Labute approximate surface area is 124 Å². The van der Waals surface area contributed by atoms with Crippen molar-refractivity contribution in [2.75, 3.05) is 6.61 Å². The van der Waals surface area contributed by atoms with Gasteiger partial charge in [-0.3, -0.25) is 0 Å². The van der Waals surface area contributed by atoms with Crippen molar-refractivity contribution in [1.29, 1.82) is 0 Å². The van der Waals surface area contributed by atoms with Gasteiger partial charge in [0.15, 0.2) is 0 Å². The first-order valence-corrected chi connectivity index (χ1v) is 7.84. The summed E-state index contributed by atoms with van der Waals surface area (Å²) in [6.07, 6.45) is 3.69. The van der Waals surface area contributed by atoms with Crippen molar-refractivity contribution < 1.29 is 5.11 Å². The highest BCUT2D eigenvalue weighted by atomic mass is 32.1. The molecule has 0 aliphatic carbocycles. The Hall–Kier alpha value is -1.23. The van der Waals surface area contributed by atoms with E-state index in [1.54, 1.807) is 11.3 Å². The molecule has 0 aliphatic rings. The zero-order valence-corrected chi connectivity index (χ0v) is 12.9. The van der Waals surface area contributed by atoms with Crippen molar-refractivity contribution in [3.8, 4) is 10.4 Å². The van der Waals surface area contributed by atoms with Gasteiger partial charge >= 0.3 is 0 Å². The topological polar surface area (TPSA) is 45.1 Å². The second kappa shape index (κ2) is 6.97. The second-order valence-electron chi connectivity index (χ2n) is 5.23. The van der Waals surface area contributed by atoms with Crippen LogP contribution in [0.5, 0.6) is 0 Å². The predicted octanol–water partition coefficient (Wildman–Crippen LogP) is 3.45. The van der Waals surface area contributed by atoms with Crippen LogP contribution >= 0.6 is 11.3 Å². The molecule has 3 nitrogen and oxygen atoms in total. The van der Waals surface area contributed by atoms with Gasteiger partial charge in [0.2, 0.25) is 0 Å². The zero-order chi connectivity index (χ0) is 14.4. The molecule has 2 aromatic rings. The normalized spacial score (nSPS) is 14.2. The second-order valence-corrected chi connectivity index (χ2v) is 6.34. The molecule has 2 N–H and O–H groups in total. The van der Waals surface area contributed by atoms with Crippen LogP contribution in [0.15, 0.2) is 36.5 Å². The number of hydrogen-bond donors (Lipinski definition) is 2. The Morgan fingerprint density at radius 2 is 2.05 bits per heavy atom. The van der Waals surface area contributed by atoms with Gasteiger partial charge in [0.1, 0.15) is 5.01 Å². The molecule has 4 heteroatoms. The summed E-state index contributed by atoms with van der Waals surface area (Å²) in [5.41, 5.74) is 1.19. The van der Waals surface area contributed by atoms with Gasteiger partial charge in [0, 0.05) is 24.9 Å². The number of aliphatic hydroxyl groups is 1. The molecule has 20 heavy (non-hydrogen) atoms. The summed E-state index contributed by atoms with van der Waals surface area (Å²) in [6, 6.07) is 10.3. The van der Waals surface area contributed by atoms with Crippen LogP contribution in [-0.4, -0.2) is 22.2 Å². The number of hydrogen-bond acceptors (Lipinski definition) is 4. The number of nitrogens with one attached hydrogen (secondary N) is 1. The maximum absolute atomic E-state index is 9.13. The van der Waals surface area contributed by atoms with Crippen LogP contribution in [0.4, 0.5) is 0 Å². The summed E-state index contributed by atoms with van der Waals surface area (Å²) in [4.78, 5) is 5.68. The Morgan fingerprint density at radius 1 is 1.30 bits per heavy atom. The van der Waals surface area contributed by atoms with Gasteiger partial charge in [-0.2, -0.15) is 0 Å². The van der Waals surface area contributed by atoms with Crippen molar-refractivity contribution in [3.05, 3.63) is 41.5 Å². The summed E-state index contributed by atoms with van der Waals surface area (Å²) >= 11 is 1.72. The van der Waals surface area contributed by atoms with Gasteiger partial charge in [-0.05, 0) is 25.3 Å². The van der Waals surface area contributed by atoms with E-state index in [-0.39, 0.29) is 12.1 Å². The lowest BCUT2D eigenvalue weighted by Gasteiger charge is -2.28. The highest BCUT2D eigenvalue weighted by Crippen LogP contribution is 2.26.